The average Bonchev–Trinajstić information content (AvgIpc) is 3.50. The number of rotatable bonds is 9. The lowest BCUT2D eigenvalue weighted by Gasteiger charge is -2.15. The van der Waals surface area contributed by atoms with Crippen molar-refractivity contribution in [2.24, 2.45) is 0 Å². The summed E-state index contributed by atoms with van der Waals surface area (Å²) >= 11 is 6.36. The maximum Gasteiger partial charge on any atom is 0.263 e. The second-order valence-corrected chi connectivity index (χ2v) is 9.35. The van der Waals surface area contributed by atoms with E-state index in [1.54, 1.807) is 16.7 Å². The van der Waals surface area contributed by atoms with Gasteiger partial charge >= 0.3 is 0 Å². The summed E-state index contributed by atoms with van der Waals surface area (Å²) < 4.78 is 3.42. The van der Waals surface area contributed by atoms with Crippen molar-refractivity contribution in [1.82, 2.24) is 29.4 Å². The van der Waals surface area contributed by atoms with E-state index in [4.69, 9.17) is 11.6 Å². The van der Waals surface area contributed by atoms with Crippen LogP contribution in [0.5, 0.6) is 0 Å². The SMILES string of the molecule is O=C(CCc1nnc2n(Cc3ccccc3Cl)c(=O)c3ccccc3n12)NCCCN1CCCC1=O. The van der Waals surface area contributed by atoms with Gasteiger partial charge < -0.3 is 10.2 Å². The molecule has 0 radical (unpaired) electrons. The molecule has 1 aliphatic rings. The average molecular weight is 507 g/mol. The van der Waals surface area contributed by atoms with Gasteiger partial charge in [-0.05, 0) is 36.6 Å². The maximum absolute atomic E-state index is 13.3. The van der Waals surface area contributed by atoms with E-state index in [-0.39, 0.29) is 30.3 Å². The summed E-state index contributed by atoms with van der Waals surface area (Å²) in [6, 6.07) is 14.7. The lowest BCUT2D eigenvalue weighted by molar-refractivity contribution is -0.127. The van der Waals surface area contributed by atoms with Crippen LogP contribution in [-0.4, -0.2) is 55.5 Å². The lowest BCUT2D eigenvalue weighted by Crippen LogP contribution is -2.30. The number of likely N-dealkylation sites (tertiary alicyclic amines) is 1. The number of nitrogens with one attached hydrogen (secondary N) is 1. The molecule has 1 N–H and O–H groups in total. The highest BCUT2D eigenvalue weighted by Crippen LogP contribution is 2.20. The smallest absolute Gasteiger partial charge is 0.263 e. The Morgan fingerprint density at radius 2 is 1.86 bits per heavy atom. The second-order valence-electron chi connectivity index (χ2n) is 8.94. The van der Waals surface area contributed by atoms with Crippen molar-refractivity contribution in [3.8, 4) is 0 Å². The molecule has 4 aromatic rings. The van der Waals surface area contributed by atoms with E-state index in [2.05, 4.69) is 15.5 Å². The Morgan fingerprint density at radius 1 is 1.06 bits per heavy atom. The van der Waals surface area contributed by atoms with Crippen molar-refractivity contribution in [2.45, 2.75) is 38.6 Å². The molecule has 10 heteroatoms. The summed E-state index contributed by atoms with van der Waals surface area (Å²) in [7, 11) is 0. The van der Waals surface area contributed by atoms with Crippen LogP contribution in [0.1, 0.15) is 37.1 Å². The van der Waals surface area contributed by atoms with Gasteiger partial charge in [0, 0.05) is 43.9 Å². The Hall–Kier alpha value is -3.72. The van der Waals surface area contributed by atoms with Crippen molar-refractivity contribution in [3.05, 3.63) is 75.3 Å². The molecule has 1 saturated heterocycles. The first-order valence-electron chi connectivity index (χ1n) is 12.2. The minimum Gasteiger partial charge on any atom is -0.356 e. The minimum absolute atomic E-state index is 0.0896. The third-order valence-corrected chi connectivity index (χ3v) is 6.90. The van der Waals surface area contributed by atoms with Crippen molar-refractivity contribution in [3.63, 3.8) is 0 Å². The molecule has 0 aliphatic carbocycles. The van der Waals surface area contributed by atoms with Gasteiger partial charge in [-0.3, -0.25) is 23.4 Å². The molecule has 0 unspecified atom stereocenters. The summed E-state index contributed by atoms with van der Waals surface area (Å²) in [5, 5.41) is 12.7. The van der Waals surface area contributed by atoms with Crippen LogP contribution in [0, 0.1) is 0 Å². The minimum atomic E-state index is -0.175. The molecule has 36 heavy (non-hydrogen) atoms. The zero-order valence-corrected chi connectivity index (χ0v) is 20.6. The zero-order chi connectivity index (χ0) is 25.1. The predicted molar refractivity (Wildman–Crippen MR) is 137 cm³/mol. The predicted octanol–water partition coefficient (Wildman–Crippen LogP) is 2.81. The highest BCUT2D eigenvalue weighted by Gasteiger charge is 2.20. The largest absolute Gasteiger partial charge is 0.356 e. The van der Waals surface area contributed by atoms with Gasteiger partial charge in [-0.15, -0.1) is 10.2 Å². The van der Waals surface area contributed by atoms with Gasteiger partial charge in [0.25, 0.3) is 5.56 Å². The van der Waals surface area contributed by atoms with Crippen LogP contribution in [0.25, 0.3) is 16.7 Å². The first-order valence-corrected chi connectivity index (χ1v) is 12.5. The Morgan fingerprint density at radius 3 is 2.67 bits per heavy atom. The molecule has 1 fully saturated rings. The zero-order valence-electron chi connectivity index (χ0n) is 19.8. The Labute approximate surface area is 212 Å². The normalized spacial score (nSPS) is 13.7. The Bertz CT molecular complexity index is 1490. The molecular formula is C26H27ClN6O3. The fourth-order valence-corrected chi connectivity index (χ4v) is 4.86. The molecule has 5 rings (SSSR count). The van der Waals surface area contributed by atoms with Crippen LogP contribution < -0.4 is 10.9 Å². The number of nitrogens with zero attached hydrogens (tertiary/aromatic N) is 5. The van der Waals surface area contributed by atoms with Crippen molar-refractivity contribution in [1.29, 1.82) is 0 Å². The molecule has 2 aromatic heterocycles. The third-order valence-electron chi connectivity index (χ3n) is 6.54. The summed E-state index contributed by atoms with van der Waals surface area (Å²) in [6.45, 7) is 2.25. The number of para-hydroxylation sites is 1. The highest BCUT2D eigenvalue weighted by atomic mass is 35.5. The number of carbonyl (C=O) groups is 2. The van der Waals surface area contributed by atoms with E-state index in [9.17, 15) is 14.4 Å². The molecule has 3 heterocycles. The number of hydrogen-bond acceptors (Lipinski definition) is 5. The second kappa shape index (κ2) is 10.5. The number of amides is 2. The molecule has 2 amide bonds. The van der Waals surface area contributed by atoms with Gasteiger partial charge in [0.2, 0.25) is 17.6 Å². The first-order chi connectivity index (χ1) is 17.5. The van der Waals surface area contributed by atoms with Crippen LogP contribution in [0.3, 0.4) is 0 Å². The van der Waals surface area contributed by atoms with Gasteiger partial charge in [-0.2, -0.15) is 0 Å². The molecule has 186 valence electrons. The van der Waals surface area contributed by atoms with Crippen molar-refractivity contribution >= 4 is 40.1 Å². The van der Waals surface area contributed by atoms with E-state index in [0.717, 1.165) is 24.9 Å². The quantitative estimate of drug-likeness (QED) is 0.352. The van der Waals surface area contributed by atoms with E-state index in [1.165, 1.54) is 0 Å². The lowest BCUT2D eigenvalue weighted by atomic mass is 10.2. The van der Waals surface area contributed by atoms with Gasteiger partial charge in [0.15, 0.2) is 0 Å². The van der Waals surface area contributed by atoms with Gasteiger partial charge in [0.1, 0.15) is 5.82 Å². The topological polar surface area (TPSA) is 102 Å². The summed E-state index contributed by atoms with van der Waals surface area (Å²) in [5.74, 6) is 1.12. The molecule has 9 nitrogen and oxygen atoms in total. The number of halogens is 1. The molecular weight excluding hydrogens is 480 g/mol. The molecule has 0 spiro atoms. The van der Waals surface area contributed by atoms with E-state index in [0.29, 0.717) is 53.5 Å². The van der Waals surface area contributed by atoms with Gasteiger partial charge in [-0.1, -0.05) is 41.9 Å². The number of hydrogen-bond donors (Lipinski definition) is 1. The fraction of sp³-hybridized carbons (Fsp3) is 0.346. The summed E-state index contributed by atoms with van der Waals surface area (Å²) in [6.07, 6.45) is 2.87. The molecule has 2 aromatic carbocycles. The molecule has 0 saturated carbocycles. The Kier molecular flexibility index (Phi) is 6.99. The summed E-state index contributed by atoms with van der Waals surface area (Å²) in [4.78, 5) is 39.4. The number of fused-ring (bicyclic) bond motifs is 3. The number of benzene rings is 2. The molecule has 0 atom stereocenters. The van der Waals surface area contributed by atoms with Crippen LogP contribution in [0.2, 0.25) is 5.02 Å². The number of aryl methyl sites for hydroxylation is 1. The van der Waals surface area contributed by atoms with E-state index < -0.39 is 0 Å². The fourth-order valence-electron chi connectivity index (χ4n) is 4.67. The van der Waals surface area contributed by atoms with Crippen molar-refractivity contribution < 1.29 is 9.59 Å². The maximum atomic E-state index is 13.3. The van der Waals surface area contributed by atoms with Crippen LogP contribution in [-0.2, 0) is 22.6 Å². The number of carbonyl (C=O) groups excluding carboxylic acids is 2. The number of aromatic nitrogens is 4. The summed E-state index contributed by atoms with van der Waals surface area (Å²) in [5.41, 5.74) is 1.33. The third kappa shape index (κ3) is 4.83. The van der Waals surface area contributed by atoms with Crippen LogP contribution in [0.15, 0.2) is 53.3 Å². The van der Waals surface area contributed by atoms with Crippen LogP contribution in [0.4, 0.5) is 0 Å². The van der Waals surface area contributed by atoms with Gasteiger partial charge in [0.05, 0.1) is 17.4 Å². The molecule has 1 aliphatic heterocycles. The van der Waals surface area contributed by atoms with Gasteiger partial charge in [-0.25, -0.2) is 0 Å². The van der Waals surface area contributed by atoms with Crippen molar-refractivity contribution in [2.75, 3.05) is 19.6 Å². The first kappa shape index (κ1) is 24.0. The van der Waals surface area contributed by atoms with E-state index >= 15 is 0 Å². The highest BCUT2D eigenvalue weighted by molar-refractivity contribution is 6.31. The Balaban J connectivity index is 1.34. The standard InChI is InChI=1S/C26H27ClN6O3/c27-20-9-3-1-7-18(20)17-32-25(36)19-8-2-4-10-21(19)33-22(29-30-26(32)33)12-13-23(34)28-14-6-16-31-15-5-11-24(31)35/h1-4,7-10H,5-6,11-17H2,(H,28,34). The van der Waals surface area contributed by atoms with Crippen LogP contribution >= 0.6 is 11.6 Å². The molecule has 0 bridgehead atoms. The monoisotopic (exact) mass is 506 g/mol. The van der Waals surface area contributed by atoms with E-state index in [1.807, 2.05) is 45.7 Å².